The molecular formula is C10H20N2O3. The molecule has 5 heteroatoms. The van der Waals surface area contributed by atoms with E-state index < -0.39 is 18.8 Å². The summed E-state index contributed by atoms with van der Waals surface area (Å²) in [6, 6.07) is -0.594. The maximum absolute atomic E-state index is 11.1. The summed E-state index contributed by atoms with van der Waals surface area (Å²) in [4.78, 5) is 0.430. The fraction of sp³-hybridized carbons (Fsp3) is 0.800. The van der Waals surface area contributed by atoms with Crippen molar-refractivity contribution in [2.24, 2.45) is 5.11 Å². The summed E-state index contributed by atoms with van der Waals surface area (Å²) in [6.07, 6.45) is 5.07. The lowest BCUT2D eigenvalue weighted by Gasteiger charge is -2.08. The molecule has 0 rings (SSSR count). The number of aliphatic hydroxyl groups excluding tert-OH is 2. The van der Waals surface area contributed by atoms with Gasteiger partial charge in [0.2, 0.25) is 6.20 Å². The molecule has 0 aliphatic carbocycles. The van der Waals surface area contributed by atoms with Crippen molar-refractivity contribution in [3.8, 4) is 0 Å². The number of unbranched alkanes of at least 4 members (excludes halogenated alkanes) is 2. The maximum atomic E-state index is 11.1. The normalized spacial score (nSPS) is 16.9. The largest absolute Gasteiger partial charge is 0.595 e. The predicted octanol–water partition coefficient (Wildman–Crippen LogP) is 1.39. The molecule has 0 aliphatic heterocycles. The van der Waals surface area contributed by atoms with Crippen LogP contribution in [0.5, 0.6) is 0 Å². The minimum absolute atomic E-state index is 0.391. The Balaban J connectivity index is 4.01. The highest BCUT2D eigenvalue weighted by Crippen LogP contribution is 1.99. The van der Waals surface area contributed by atoms with Crippen LogP contribution in [0.2, 0.25) is 0 Å². The third kappa shape index (κ3) is 7.04. The molecule has 88 valence electrons. The molecule has 0 amide bonds. The van der Waals surface area contributed by atoms with E-state index in [9.17, 15) is 5.21 Å². The number of azo groups is 1. The van der Waals surface area contributed by atoms with Crippen LogP contribution >= 0.6 is 0 Å². The number of hydrogen-bond acceptors (Lipinski definition) is 4. The van der Waals surface area contributed by atoms with Gasteiger partial charge in [0, 0.05) is 0 Å². The molecule has 0 unspecified atom stereocenters. The summed E-state index contributed by atoms with van der Waals surface area (Å²) >= 11 is 0. The number of nitrogens with zero attached hydrogens (tertiary/aromatic N) is 2. The first-order chi connectivity index (χ1) is 7.11. The molecule has 15 heavy (non-hydrogen) atoms. The monoisotopic (exact) mass is 216 g/mol. The Bertz CT molecular complexity index is 217. The van der Waals surface area contributed by atoms with Crippen molar-refractivity contribution in [3.63, 3.8) is 0 Å². The van der Waals surface area contributed by atoms with Crippen LogP contribution in [0.3, 0.4) is 0 Å². The predicted molar refractivity (Wildman–Crippen MR) is 57.3 cm³/mol. The van der Waals surface area contributed by atoms with Crippen molar-refractivity contribution in [2.45, 2.75) is 45.3 Å². The van der Waals surface area contributed by atoms with E-state index in [1.165, 1.54) is 6.20 Å². The molecular weight excluding hydrogens is 196 g/mol. The highest BCUT2D eigenvalue weighted by molar-refractivity contribution is 4.72. The first-order valence-electron chi connectivity index (χ1n) is 5.24. The Morgan fingerprint density at radius 2 is 2.20 bits per heavy atom. The van der Waals surface area contributed by atoms with Crippen LogP contribution in [0.15, 0.2) is 17.4 Å². The van der Waals surface area contributed by atoms with E-state index in [-0.39, 0.29) is 0 Å². The zero-order valence-corrected chi connectivity index (χ0v) is 9.33. The maximum Gasteiger partial charge on any atom is 0.205 e. The summed E-state index contributed by atoms with van der Waals surface area (Å²) in [5.41, 5.74) is 0. The minimum Gasteiger partial charge on any atom is -0.595 e. The van der Waals surface area contributed by atoms with Crippen LogP contribution in [0.4, 0.5) is 0 Å². The van der Waals surface area contributed by atoms with E-state index >= 15 is 0 Å². The van der Waals surface area contributed by atoms with E-state index in [2.05, 4.69) is 12.0 Å². The molecule has 0 aromatic rings. The number of hydroxylamine groups is 1. The summed E-state index contributed by atoms with van der Waals surface area (Å²) in [6.45, 7) is 3.26. The highest BCUT2D eigenvalue weighted by atomic mass is 16.5. The fourth-order valence-corrected chi connectivity index (χ4v) is 0.934. The Hall–Kier alpha value is -0.940. The lowest BCUT2D eigenvalue weighted by molar-refractivity contribution is -0.463. The Kier molecular flexibility index (Phi) is 7.85. The average molecular weight is 216 g/mol. The van der Waals surface area contributed by atoms with Crippen molar-refractivity contribution in [3.05, 3.63) is 17.5 Å². The Morgan fingerprint density at radius 1 is 1.53 bits per heavy atom. The van der Waals surface area contributed by atoms with Gasteiger partial charge >= 0.3 is 0 Å². The molecule has 2 N–H and O–H groups in total. The second-order valence-corrected chi connectivity index (χ2v) is 3.44. The first kappa shape index (κ1) is 14.1. The topological polar surface area (TPSA) is 78.9 Å². The molecule has 0 aromatic carbocycles. The van der Waals surface area contributed by atoms with E-state index in [1.54, 1.807) is 13.0 Å². The SMILES string of the molecule is CCCC/C=C\[N+]([O-])=N[C@H](C)[C@@H](O)CO. The van der Waals surface area contributed by atoms with Crippen LogP contribution in [-0.2, 0) is 0 Å². The first-order valence-corrected chi connectivity index (χ1v) is 5.24. The van der Waals surface area contributed by atoms with E-state index in [0.717, 1.165) is 19.3 Å². The van der Waals surface area contributed by atoms with Gasteiger partial charge in [-0.3, -0.25) is 0 Å². The van der Waals surface area contributed by atoms with Crippen LogP contribution in [0.25, 0.3) is 0 Å². The quantitative estimate of drug-likeness (QED) is 0.292. The molecule has 0 radical (unpaired) electrons. The van der Waals surface area contributed by atoms with Crippen LogP contribution in [0.1, 0.15) is 33.1 Å². The zero-order valence-electron chi connectivity index (χ0n) is 9.33. The van der Waals surface area contributed by atoms with Crippen LogP contribution in [0, 0.1) is 5.21 Å². The van der Waals surface area contributed by atoms with Gasteiger partial charge in [-0.15, -0.1) is 0 Å². The zero-order chi connectivity index (χ0) is 11.7. The van der Waals surface area contributed by atoms with Gasteiger partial charge in [0.25, 0.3) is 0 Å². The standard InChI is InChI=1S/C10H20N2O3/c1-3-4-5-6-7-12(15)11-9(2)10(14)8-13/h6-7,9-10,13-14H,3-5,8H2,1-2H3/b7-6-,12-11?/t9-,10+/m1/s1. The van der Waals surface area contributed by atoms with Crippen LogP contribution < -0.4 is 0 Å². The van der Waals surface area contributed by atoms with Crippen molar-refractivity contribution in [1.82, 2.24) is 0 Å². The van der Waals surface area contributed by atoms with Gasteiger partial charge in [0.15, 0.2) is 0 Å². The molecule has 0 spiro atoms. The molecule has 0 aliphatic rings. The van der Waals surface area contributed by atoms with Gasteiger partial charge in [-0.2, -0.15) is 0 Å². The number of allylic oxidation sites excluding steroid dienone is 1. The van der Waals surface area contributed by atoms with Gasteiger partial charge in [-0.1, -0.05) is 18.2 Å². The molecule has 0 aromatic heterocycles. The van der Waals surface area contributed by atoms with E-state index in [0.29, 0.717) is 4.86 Å². The van der Waals surface area contributed by atoms with Gasteiger partial charge in [-0.25, -0.2) is 0 Å². The van der Waals surface area contributed by atoms with Gasteiger partial charge in [0.05, 0.1) is 6.61 Å². The second-order valence-electron chi connectivity index (χ2n) is 3.44. The summed E-state index contributed by atoms with van der Waals surface area (Å²) in [7, 11) is 0. The molecule has 0 heterocycles. The van der Waals surface area contributed by atoms with Gasteiger partial charge in [0.1, 0.15) is 12.1 Å². The van der Waals surface area contributed by atoms with E-state index in [1.807, 2.05) is 0 Å². The summed E-state index contributed by atoms with van der Waals surface area (Å²) in [5, 5.41) is 32.5. The van der Waals surface area contributed by atoms with Gasteiger partial charge < -0.3 is 15.4 Å². The van der Waals surface area contributed by atoms with Crippen molar-refractivity contribution in [1.29, 1.82) is 0 Å². The molecule has 0 fully saturated rings. The number of hydrogen-bond donors (Lipinski definition) is 2. The van der Waals surface area contributed by atoms with Crippen molar-refractivity contribution < 1.29 is 15.1 Å². The summed E-state index contributed by atoms with van der Waals surface area (Å²) in [5.74, 6) is 0. The van der Waals surface area contributed by atoms with Gasteiger partial charge in [-0.05, 0) is 31.0 Å². The second kappa shape index (κ2) is 8.38. The Morgan fingerprint density at radius 3 is 2.73 bits per heavy atom. The minimum atomic E-state index is -0.981. The lowest BCUT2D eigenvalue weighted by Crippen LogP contribution is -2.25. The molecule has 5 nitrogen and oxygen atoms in total. The number of aliphatic hydroxyl groups is 2. The average Bonchev–Trinajstić information content (AvgIpc) is 2.23. The summed E-state index contributed by atoms with van der Waals surface area (Å²) < 4.78 is 0. The third-order valence-electron chi connectivity index (χ3n) is 2.00. The van der Waals surface area contributed by atoms with Crippen molar-refractivity contribution >= 4 is 0 Å². The number of rotatable bonds is 7. The molecule has 0 saturated heterocycles. The fourth-order valence-electron chi connectivity index (χ4n) is 0.934. The Labute approximate surface area is 90.3 Å². The third-order valence-corrected chi connectivity index (χ3v) is 2.00. The van der Waals surface area contributed by atoms with Crippen LogP contribution in [-0.4, -0.2) is 33.8 Å². The van der Waals surface area contributed by atoms with E-state index in [4.69, 9.17) is 10.2 Å². The lowest BCUT2D eigenvalue weighted by atomic mass is 10.2. The molecule has 0 saturated carbocycles. The molecule has 2 atom stereocenters. The highest BCUT2D eigenvalue weighted by Gasteiger charge is 2.14. The molecule has 0 bridgehead atoms. The smallest absolute Gasteiger partial charge is 0.205 e. The van der Waals surface area contributed by atoms with Crippen molar-refractivity contribution in [2.75, 3.05) is 6.61 Å².